The van der Waals surface area contributed by atoms with Gasteiger partial charge in [-0.05, 0) is 24.8 Å². The Kier molecular flexibility index (Phi) is 5.00. The van der Waals surface area contributed by atoms with Crippen LogP contribution >= 0.6 is 0 Å². The molecule has 1 saturated carbocycles. The van der Waals surface area contributed by atoms with Gasteiger partial charge in [0, 0.05) is 5.54 Å². The van der Waals surface area contributed by atoms with Crippen molar-refractivity contribution in [3.63, 3.8) is 0 Å². The van der Waals surface area contributed by atoms with Crippen molar-refractivity contribution in [3.8, 4) is 0 Å². The molecule has 0 aromatic heterocycles. The van der Waals surface area contributed by atoms with Gasteiger partial charge in [0.1, 0.15) is 0 Å². The highest BCUT2D eigenvalue weighted by atomic mass is 32.2. The Bertz CT molecular complexity index is 577. The number of aliphatic carboxylic acids is 1. The lowest BCUT2D eigenvalue weighted by Crippen LogP contribution is -2.48. The fourth-order valence-corrected chi connectivity index (χ4v) is 4.48. The molecule has 0 aliphatic heterocycles. The van der Waals surface area contributed by atoms with E-state index >= 15 is 0 Å². The summed E-state index contributed by atoms with van der Waals surface area (Å²) in [5, 5.41) is 9.01. The maximum Gasteiger partial charge on any atom is 0.305 e. The number of hydrogen-bond donors (Lipinski definition) is 2. The molecule has 1 aromatic rings. The number of benzene rings is 1. The number of aryl methyl sites for hydroxylation is 1. The second kappa shape index (κ2) is 6.58. The van der Waals surface area contributed by atoms with E-state index in [1.807, 2.05) is 30.3 Å². The molecule has 2 rings (SSSR count). The van der Waals surface area contributed by atoms with Gasteiger partial charge in [-0.1, -0.05) is 43.2 Å². The van der Waals surface area contributed by atoms with Crippen LogP contribution in [0.15, 0.2) is 30.3 Å². The molecule has 0 bridgehead atoms. The fourth-order valence-electron chi connectivity index (χ4n) is 2.93. The van der Waals surface area contributed by atoms with Crippen LogP contribution in [-0.4, -0.2) is 30.8 Å². The number of sulfonamides is 1. The average Bonchev–Trinajstić information content (AvgIpc) is 2.84. The van der Waals surface area contributed by atoms with Gasteiger partial charge in [0.05, 0.1) is 12.2 Å². The summed E-state index contributed by atoms with van der Waals surface area (Å²) in [6.07, 6.45) is 3.23. The quantitative estimate of drug-likeness (QED) is 0.806. The van der Waals surface area contributed by atoms with E-state index in [0.29, 0.717) is 19.3 Å². The minimum absolute atomic E-state index is 0.0155. The second-order valence-corrected chi connectivity index (χ2v) is 7.56. The maximum atomic E-state index is 12.2. The predicted octanol–water partition coefficient (Wildman–Crippen LogP) is 1.94. The standard InChI is InChI=1S/C15H21NO4S/c17-14(18)12-15(9-4-5-10-15)16-21(19,20)11-8-13-6-2-1-3-7-13/h1-3,6-7,16H,4-5,8-12H2,(H,17,18). The summed E-state index contributed by atoms with van der Waals surface area (Å²) in [4.78, 5) is 11.0. The molecule has 0 saturated heterocycles. The van der Waals surface area contributed by atoms with Crippen LogP contribution in [0, 0.1) is 0 Å². The van der Waals surface area contributed by atoms with Gasteiger partial charge < -0.3 is 5.11 Å². The predicted molar refractivity (Wildman–Crippen MR) is 80.5 cm³/mol. The zero-order chi connectivity index (χ0) is 15.3. The molecule has 21 heavy (non-hydrogen) atoms. The Morgan fingerprint density at radius 3 is 2.38 bits per heavy atom. The molecule has 116 valence electrons. The summed E-state index contributed by atoms with van der Waals surface area (Å²) in [5.41, 5.74) is 0.169. The highest BCUT2D eigenvalue weighted by Gasteiger charge is 2.39. The normalized spacial score (nSPS) is 17.7. The van der Waals surface area contributed by atoms with Crippen molar-refractivity contribution in [2.45, 2.75) is 44.1 Å². The Balaban J connectivity index is 2.00. The number of nitrogens with one attached hydrogen (secondary N) is 1. The van der Waals surface area contributed by atoms with Gasteiger partial charge >= 0.3 is 5.97 Å². The van der Waals surface area contributed by atoms with Crippen LogP contribution in [-0.2, 0) is 21.2 Å². The van der Waals surface area contributed by atoms with Gasteiger partial charge in [0.25, 0.3) is 0 Å². The number of carbonyl (C=O) groups is 1. The zero-order valence-electron chi connectivity index (χ0n) is 11.9. The molecule has 0 amide bonds. The lowest BCUT2D eigenvalue weighted by atomic mass is 9.95. The number of hydrogen-bond acceptors (Lipinski definition) is 3. The van der Waals surface area contributed by atoms with E-state index in [4.69, 9.17) is 5.11 Å². The minimum atomic E-state index is -3.48. The lowest BCUT2D eigenvalue weighted by Gasteiger charge is -2.28. The third-order valence-corrected chi connectivity index (χ3v) is 5.41. The number of carboxylic acid groups (broad SMARTS) is 1. The fraction of sp³-hybridized carbons (Fsp3) is 0.533. The topological polar surface area (TPSA) is 83.5 Å². The monoisotopic (exact) mass is 311 g/mol. The van der Waals surface area contributed by atoms with Crippen LogP contribution in [0.3, 0.4) is 0 Å². The summed E-state index contributed by atoms with van der Waals surface area (Å²) in [5.74, 6) is -0.971. The molecule has 0 radical (unpaired) electrons. The van der Waals surface area contributed by atoms with E-state index in [1.165, 1.54) is 0 Å². The van der Waals surface area contributed by atoms with Crippen LogP contribution in [0.25, 0.3) is 0 Å². The Morgan fingerprint density at radius 1 is 1.19 bits per heavy atom. The lowest BCUT2D eigenvalue weighted by molar-refractivity contribution is -0.138. The van der Waals surface area contributed by atoms with E-state index in [-0.39, 0.29) is 12.2 Å². The van der Waals surface area contributed by atoms with Crippen molar-refractivity contribution in [1.82, 2.24) is 4.72 Å². The smallest absolute Gasteiger partial charge is 0.305 e. The van der Waals surface area contributed by atoms with Gasteiger partial charge in [0.2, 0.25) is 10.0 Å². The van der Waals surface area contributed by atoms with Crippen molar-refractivity contribution in [2.75, 3.05) is 5.75 Å². The van der Waals surface area contributed by atoms with E-state index in [9.17, 15) is 13.2 Å². The first-order valence-electron chi connectivity index (χ1n) is 7.18. The number of carboxylic acids is 1. The maximum absolute atomic E-state index is 12.2. The summed E-state index contributed by atoms with van der Waals surface area (Å²) in [6.45, 7) is 0. The van der Waals surface area contributed by atoms with Crippen LogP contribution in [0.1, 0.15) is 37.7 Å². The van der Waals surface area contributed by atoms with Crippen molar-refractivity contribution in [1.29, 1.82) is 0 Å². The van der Waals surface area contributed by atoms with Crippen molar-refractivity contribution in [2.24, 2.45) is 0 Å². The van der Waals surface area contributed by atoms with Crippen molar-refractivity contribution < 1.29 is 18.3 Å². The van der Waals surface area contributed by atoms with Gasteiger partial charge in [-0.2, -0.15) is 0 Å². The Morgan fingerprint density at radius 2 is 1.81 bits per heavy atom. The zero-order valence-corrected chi connectivity index (χ0v) is 12.7. The highest BCUT2D eigenvalue weighted by Crippen LogP contribution is 2.33. The molecule has 0 atom stereocenters. The van der Waals surface area contributed by atoms with Crippen LogP contribution < -0.4 is 4.72 Å². The molecule has 0 spiro atoms. The summed E-state index contributed by atoms with van der Waals surface area (Å²) in [6, 6.07) is 9.41. The molecule has 0 heterocycles. The molecule has 1 aliphatic carbocycles. The number of rotatable bonds is 7. The van der Waals surface area contributed by atoms with Gasteiger partial charge in [0.15, 0.2) is 0 Å². The van der Waals surface area contributed by atoms with Crippen molar-refractivity contribution in [3.05, 3.63) is 35.9 Å². The molecule has 1 aliphatic rings. The molecular weight excluding hydrogens is 290 g/mol. The molecule has 0 unspecified atom stereocenters. The SMILES string of the molecule is O=C(O)CC1(NS(=O)(=O)CCc2ccccc2)CCCC1. The third-order valence-electron chi connectivity index (χ3n) is 3.92. The Hall–Kier alpha value is -1.40. The van der Waals surface area contributed by atoms with Gasteiger partial charge in [-0.15, -0.1) is 0 Å². The molecule has 2 N–H and O–H groups in total. The molecular formula is C15H21NO4S. The molecule has 5 nitrogen and oxygen atoms in total. The molecule has 6 heteroatoms. The first-order valence-corrected chi connectivity index (χ1v) is 8.83. The van der Waals surface area contributed by atoms with Gasteiger partial charge in [-0.25, -0.2) is 13.1 Å². The van der Waals surface area contributed by atoms with E-state index in [2.05, 4.69) is 4.72 Å². The first kappa shape index (κ1) is 16.0. The first-order chi connectivity index (χ1) is 9.91. The highest BCUT2D eigenvalue weighted by molar-refractivity contribution is 7.89. The molecule has 1 fully saturated rings. The summed E-state index contributed by atoms with van der Waals surface area (Å²) >= 11 is 0. The largest absolute Gasteiger partial charge is 0.481 e. The average molecular weight is 311 g/mol. The van der Waals surface area contributed by atoms with Crippen LogP contribution in [0.4, 0.5) is 0 Å². The Labute approximate surface area is 125 Å². The molecule has 1 aromatic carbocycles. The van der Waals surface area contributed by atoms with Gasteiger partial charge in [-0.3, -0.25) is 4.79 Å². The van der Waals surface area contributed by atoms with E-state index in [0.717, 1.165) is 18.4 Å². The minimum Gasteiger partial charge on any atom is -0.481 e. The van der Waals surface area contributed by atoms with Crippen LogP contribution in [0.5, 0.6) is 0 Å². The van der Waals surface area contributed by atoms with Crippen LogP contribution in [0.2, 0.25) is 0 Å². The second-order valence-electron chi connectivity index (χ2n) is 5.71. The summed E-state index contributed by atoms with van der Waals surface area (Å²) in [7, 11) is -3.48. The van der Waals surface area contributed by atoms with E-state index in [1.54, 1.807) is 0 Å². The third kappa shape index (κ3) is 4.82. The summed E-state index contributed by atoms with van der Waals surface area (Å²) < 4.78 is 27.1. The van der Waals surface area contributed by atoms with Crippen molar-refractivity contribution >= 4 is 16.0 Å². The van der Waals surface area contributed by atoms with E-state index < -0.39 is 21.5 Å².